The van der Waals surface area contributed by atoms with E-state index in [1.807, 2.05) is 60.3 Å². The van der Waals surface area contributed by atoms with Crippen molar-refractivity contribution >= 4 is 0 Å². The molecule has 0 aliphatic rings. The summed E-state index contributed by atoms with van der Waals surface area (Å²) in [6.07, 6.45) is 1.91. The average molecular weight is 423 g/mol. The van der Waals surface area contributed by atoms with Gasteiger partial charge in [0.2, 0.25) is 5.82 Å². The van der Waals surface area contributed by atoms with Crippen molar-refractivity contribution in [3.8, 4) is 28.3 Å². The van der Waals surface area contributed by atoms with Gasteiger partial charge in [0, 0.05) is 5.56 Å². The predicted octanol–water partition coefficient (Wildman–Crippen LogP) is 4.06. The molecule has 0 aliphatic carbocycles. The SMILES string of the molecule is Cc1cccc(OCc2cn(Cc3ccc(-c4ccccc4-c4nn[nH]n4)cc3)nn2)c1. The Labute approximate surface area is 184 Å². The van der Waals surface area contributed by atoms with Crippen LogP contribution in [0.2, 0.25) is 0 Å². The zero-order chi connectivity index (χ0) is 21.8. The lowest BCUT2D eigenvalue weighted by molar-refractivity contribution is 0.301. The Morgan fingerprint density at radius 1 is 0.906 bits per heavy atom. The van der Waals surface area contributed by atoms with Gasteiger partial charge in [-0.05, 0) is 46.5 Å². The molecular weight excluding hydrogens is 402 g/mol. The normalized spacial score (nSPS) is 10.9. The highest BCUT2D eigenvalue weighted by Gasteiger charge is 2.11. The van der Waals surface area contributed by atoms with Crippen molar-refractivity contribution in [2.75, 3.05) is 0 Å². The van der Waals surface area contributed by atoms with Gasteiger partial charge in [0.1, 0.15) is 18.1 Å². The molecule has 0 spiro atoms. The van der Waals surface area contributed by atoms with E-state index in [9.17, 15) is 0 Å². The fraction of sp³-hybridized carbons (Fsp3) is 0.125. The third kappa shape index (κ3) is 4.39. The van der Waals surface area contributed by atoms with Crippen molar-refractivity contribution in [1.29, 1.82) is 0 Å². The topological polar surface area (TPSA) is 94.4 Å². The highest BCUT2D eigenvalue weighted by Crippen LogP contribution is 2.29. The van der Waals surface area contributed by atoms with Crippen molar-refractivity contribution in [1.82, 2.24) is 35.6 Å². The minimum absolute atomic E-state index is 0.384. The number of H-pyrrole nitrogens is 1. The predicted molar refractivity (Wildman–Crippen MR) is 120 cm³/mol. The summed E-state index contributed by atoms with van der Waals surface area (Å²) in [5, 5.41) is 22.9. The summed E-state index contributed by atoms with van der Waals surface area (Å²) >= 11 is 0. The lowest BCUT2D eigenvalue weighted by Gasteiger charge is -2.08. The van der Waals surface area contributed by atoms with Crippen LogP contribution in [-0.4, -0.2) is 35.6 Å². The number of aryl methyl sites for hydroxylation is 1. The number of rotatable bonds is 7. The van der Waals surface area contributed by atoms with E-state index in [1.165, 1.54) is 0 Å². The Kier molecular flexibility index (Phi) is 5.40. The van der Waals surface area contributed by atoms with Gasteiger partial charge in [-0.25, -0.2) is 4.68 Å². The van der Waals surface area contributed by atoms with Gasteiger partial charge in [0.05, 0.1) is 12.7 Å². The maximum Gasteiger partial charge on any atom is 0.205 e. The first-order valence-electron chi connectivity index (χ1n) is 10.3. The minimum atomic E-state index is 0.384. The average Bonchev–Trinajstić information content (AvgIpc) is 3.51. The molecule has 5 aromatic rings. The summed E-state index contributed by atoms with van der Waals surface area (Å²) in [6.45, 7) is 3.05. The lowest BCUT2D eigenvalue weighted by Crippen LogP contribution is -2.00. The molecule has 2 heterocycles. The van der Waals surface area contributed by atoms with Gasteiger partial charge < -0.3 is 4.74 Å². The van der Waals surface area contributed by atoms with E-state index in [2.05, 4.69) is 61.3 Å². The van der Waals surface area contributed by atoms with Gasteiger partial charge >= 0.3 is 0 Å². The lowest BCUT2D eigenvalue weighted by atomic mass is 9.98. The van der Waals surface area contributed by atoms with Crippen LogP contribution in [0.3, 0.4) is 0 Å². The van der Waals surface area contributed by atoms with E-state index in [1.54, 1.807) is 0 Å². The second-order valence-corrected chi connectivity index (χ2v) is 7.49. The molecule has 1 N–H and O–H groups in total. The summed E-state index contributed by atoms with van der Waals surface area (Å²) in [7, 11) is 0. The van der Waals surface area contributed by atoms with Crippen molar-refractivity contribution < 1.29 is 4.74 Å². The van der Waals surface area contributed by atoms with Gasteiger partial charge in [-0.2, -0.15) is 5.21 Å². The molecule has 5 rings (SSSR count). The quantitative estimate of drug-likeness (QED) is 0.424. The summed E-state index contributed by atoms with van der Waals surface area (Å²) in [5.74, 6) is 1.41. The second kappa shape index (κ2) is 8.81. The van der Waals surface area contributed by atoms with Crippen molar-refractivity contribution in [2.24, 2.45) is 0 Å². The van der Waals surface area contributed by atoms with Crippen LogP contribution in [0.5, 0.6) is 5.75 Å². The third-order valence-corrected chi connectivity index (χ3v) is 5.09. The van der Waals surface area contributed by atoms with Gasteiger partial charge in [-0.3, -0.25) is 0 Å². The molecule has 0 radical (unpaired) electrons. The number of nitrogens with one attached hydrogen (secondary N) is 1. The van der Waals surface area contributed by atoms with E-state index in [0.29, 0.717) is 19.0 Å². The summed E-state index contributed by atoms with van der Waals surface area (Å²) in [4.78, 5) is 0. The number of hydrogen-bond acceptors (Lipinski definition) is 6. The largest absolute Gasteiger partial charge is 0.487 e. The Bertz CT molecular complexity index is 1310. The van der Waals surface area contributed by atoms with Crippen LogP contribution in [-0.2, 0) is 13.2 Å². The first-order valence-corrected chi connectivity index (χ1v) is 10.3. The van der Waals surface area contributed by atoms with Crippen LogP contribution >= 0.6 is 0 Å². The molecule has 8 heteroatoms. The number of benzene rings is 3. The summed E-state index contributed by atoms with van der Waals surface area (Å²) in [5.41, 5.74) is 6.15. The molecule has 0 bridgehead atoms. The molecule has 0 saturated heterocycles. The van der Waals surface area contributed by atoms with Gasteiger partial charge in [0.25, 0.3) is 0 Å². The molecule has 32 heavy (non-hydrogen) atoms. The van der Waals surface area contributed by atoms with E-state index in [0.717, 1.165) is 39.3 Å². The van der Waals surface area contributed by atoms with Gasteiger partial charge in [0.15, 0.2) is 0 Å². The molecule has 2 aromatic heterocycles. The van der Waals surface area contributed by atoms with E-state index in [-0.39, 0.29) is 0 Å². The third-order valence-electron chi connectivity index (χ3n) is 5.09. The first kappa shape index (κ1) is 19.6. The molecule has 3 aromatic carbocycles. The maximum atomic E-state index is 5.81. The van der Waals surface area contributed by atoms with Crippen LogP contribution in [0.4, 0.5) is 0 Å². The number of aromatic amines is 1. The highest BCUT2D eigenvalue weighted by atomic mass is 16.5. The molecule has 0 atom stereocenters. The number of nitrogens with zero attached hydrogens (tertiary/aromatic N) is 6. The fourth-order valence-corrected chi connectivity index (χ4v) is 3.53. The molecule has 0 saturated carbocycles. The van der Waals surface area contributed by atoms with Crippen LogP contribution < -0.4 is 4.74 Å². The minimum Gasteiger partial charge on any atom is -0.487 e. The van der Waals surface area contributed by atoms with Crippen LogP contribution in [0.15, 0.2) is 79.0 Å². The van der Waals surface area contributed by atoms with Crippen LogP contribution in [0.25, 0.3) is 22.5 Å². The number of hydrogen-bond donors (Lipinski definition) is 1. The van der Waals surface area contributed by atoms with Crippen molar-refractivity contribution in [3.05, 3.63) is 95.8 Å². The maximum absolute atomic E-state index is 5.81. The van der Waals surface area contributed by atoms with Crippen LogP contribution in [0.1, 0.15) is 16.8 Å². The molecule has 0 fully saturated rings. The van der Waals surface area contributed by atoms with E-state index < -0.39 is 0 Å². The smallest absolute Gasteiger partial charge is 0.205 e. The Morgan fingerprint density at radius 3 is 2.53 bits per heavy atom. The summed E-state index contributed by atoms with van der Waals surface area (Å²) in [6, 6.07) is 24.3. The molecule has 0 aliphatic heterocycles. The molecule has 0 unspecified atom stereocenters. The standard InChI is InChI=1S/C24H21N7O/c1-17-5-4-6-21(13-17)32-16-20-15-31(30-25-20)14-18-9-11-19(12-10-18)22-7-2-3-8-23(22)24-26-28-29-27-24/h2-13,15H,14,16H2,1H3,(H,26,27,28,29). The monoisotopic (exact) mass is 423 g/mol. The highest BCUT2D eigenvalue weighted by molar-refractivity contribution is 5.80. The molecule has 8 nitrogen and oxygen atoms in total. The molecule has 0 amide bonds. The number of ether oxygens (including phenoxy) is 1. The first-order chi connectivity index (χ1) is 15.7. The van der Waals surface area contributed by atoms with E-state index >= 15 is 0 Å². The van der Waals surface area contributed by atoms with Crippen molar-refractivity contribution in [3.63, 3.8) is 0 Å². The zero-order valence-corrected chi connectivity index (χ0v) is 17.5. The molecule has 158 valence electrons. The molecular formula is C24H21N7O. The Morgan fingerprint density at radius 2 is 1.75 bits per heavy atom. The Balaban J connectivity index is 1.26. The van der Waals surface area contributed by atoms with Gasteiger partial charge in [-0.1, -0.05) is 65.9 Å². The second-order valence-electron chi connectivity index (χ2n) is 7.49. The zero-order valence-electron chi connectivity index (χ0n) is 17.5. The van der Waals surface area contributed by atoms with Crippen LogP contribution in [0, 0.1) is 6.92 Å². The number of tetrazole rings is 1. The summed E-state index contributed by atoms with van der Waals surface area (Å²) < 4.78 is 7.63. The fourth-order valence-electron chi connectivity index (χ4n) is 3.53. The van der Waals surface area contributed by atoms with E-state index in [4.69, 9.17) is 4.74 Å². The number of aromatic nitrogens is 7. The van der Waals surface area contributed by atoms with Crippen molar-refractivity contribution in [2.45, 2.75) is 20.1 Å². The van der Waals surface area contributed by atoms with Gasteiger partial charge in [-0.15, -0.1) is 15.3 Å². The Hall–Kier alpha value is -4.33.